The van der Waals surface area contributed by atoms with E-state index in [0.717, 1.165) is 16.6 Å². The molecule has 0 unspecified atom stereocenters. The number of aryl methyl sites for hydroxylation is 1. The molecule has 0 radical (unpaired) electrons. The maximum Gasteiger partial charge on any atom is 0.236 e. The molecular formula is C16H13ClN2O. The first-order valence-electron chi connectivity index (χ1n) is 6.37. The second-order valence-corrected chi connectivity index (χ2v) is 5.12. The minimum Gasteiger partial charge on any atom is -0.274 e. The number of fused-ring (bicyclic) bond motifs is 1. The van der Waals surface area contributed by atoms with Gasteiger partial charge in [0.05, 0.1) is 17.5 Å². The molecule has 3 aromatic rings. The number of hydrogen-bond donors (Lipinski definition) is 0. The van der Waals surface area contributed by atoms with Gasteiger partial charge in [0.25, 0.3) is 0 Å². The molecule has 0 saturated carbocycles. The summed E-state index contributed by atoms with van der Waals surface area (Å²) in [7, 11) is 0. The van der Waals surface area contributed by atoms with Crippen molar-refractivity contribution in [1.82, 2.24) is 9.55 Å². The molecule has 1 aromatic heterocycles. The van der Waals surface area contributed by atoms with Crippen LogP contribution in [0.3, 0.4) is 0 Å². The minimum atomic E-state index is 0.0125. The van der Waals surface area contributed by atoms with Crippen molar-refractivity contribution in [3.63, 3.8) is 0 Å². The molecule has 0 aliphatic rings. The van der Waals surface area contributed by atoms with Crippen LogP contribution in [0.5, 0.6) is 0 Å². The first-order chi connectivity index (χ1) is 9.65. The van der Waals surface area contributed by atoms with Gasteiger partial charge in [0.1, 0.15) is 5.82 Å². The Bertz CT molecular complexity index is 775. The number of aromatic nitrogens is 2. The summed E-state index contributed by atoms with van der Waals surface area (Å²) >= 11 is 5.85. The van der Waals surface area contributed by atoms with Crippen LogP contribution in [0.4, 0.5) is 0 Å². The van der Waals surface area contributed by atoms with Crippen molar-refractivity contribution < 1.29 is 4.79 Å². The summed E-state index contributed by atoms with van der Waals surface area (Å²) < 4.78 is 1.67. The highest BCUT2D eigenvalue weighted by Crippen LogP contribution is 2.17. The smallest absolute Gasteiger partial charge is 0.236 e. The summed E-state index contributed by atoms with van der Waals surface area (Å²) in [4.78, 5) is 16.9. The lowest BCUT2D eigenvalue weighted by Gasteiger charge is -2.05. The van der Waals surface area contributed by atoms with Crippen molar-refractivity contribution in [3.05, 3.63) is 64.9 Å². The Balaban J connectivity index is 1.96. The Morgan fingerprint density at radius 3 is 2.60 bits per heavy atom. The van der Waals surface area contributed by atoms with Gasteiger partial charge < -0.3 is 0 Å². The Labute approximate surface area is 121 Å². The molecule has 0 atom stereocenters. The highest BCUT2D eigenvalue weighted by atomic mass is 35.5. The second-order valence-electron chi connectivity index (χ2n) is 4.68. The fourth-order valence-corrected chi connectivity index (χ4v) is 2.44. The van der Waals surface area contributed by atoms with Gasteiger partial charge in [-0.15, -0.1) is 0 Å². The van der Waals surface area contributed by atoms with Gasteiger partial charge in [-0.1, -0.05) is 35.9 Å². The van der Waals surface area contributed by atoms with Crippen molar-refractivity contribution in [2.75, 3.05) is 0 Å². The van der Waals surface area contributed by atoms with Crippen LogP contribution in [0.1, 0.15) is 16.2 Å². The molecule has 0 bridgehead atoms. The van der Waals surface area contributed by atoms with E-state index in [9.17, 15) is 4.79 Å². The predicted octanol–water partition coefficient (Wildman–Crippen LogP) is 3.88. The summed E-state index contributed by atoms with van der Waals surface area (Å²) in [6.07, 6.45) is 0.332. The number of para-hydroxylation sites is 2. The van der Waals surface area contributed by atoms with Crippen molar-refractivity contribution >= 4 is 28.5 Å². The van der Waals surface area contributed by atoms with Crippen LogP contribution in [-0.2, 0) is 6.42 Å². The molecule has 0 spiro atoms. The largest absolute Gasteiger partial charge is 0.274 e. The summed E-state index contributed by atoms with van der Waals surface area (Å²) in [5.41, 5.74) is 2.63. The third-order valence-corrected chi connectivity index (χ3v) is 3.50. The number of nitrogens with zero attached hydrogens (tertiary/aromatic N) is 2. The number of halogens is 1. The molecule has 0 fully saturated rings. The standard InChI is InChI=1S/C16H13ClN2O/c1-11-18-14-4-2-3-5-15(14)19(11)16(20)10-12-6-8-13(17)9-7-12/h2-9H,10H2,1H3. The second kappa shape index (κ2) is 5.10. The molecule has 3 rings (SSSR count). The van der Waals surface area contributed by atoms with Gasteiger partial charge in [-0.05, 0) is 36.8 Å². The zero-order valence-corrected chi connectivity index (χ0v) is 11.8. The van der Waals surface area contributed by atoms with Crippen LogP contribution in [0.25, 0.3) is 11.0 Å². The molecule has 2 aromatic carbocycles. The Hall–Kier alpha value is -2.13. The number of rotatable bonds is 2. The van der Waals surface area contributed by atoms with E-state index in [2.05, 4.69) is 4.98 Å². The van der Waals surface area contributed by atoms with E-state index in [1.807, 2.05) is 43.3 Å². The minimum absolute atomic E-state index is 0.0125. The van der Waals surface area contributed by atoms with Crippen molar-refractivity contribution in [3.8, 4) is 0 Å². The average molecular weight is 285 g/mol. The zero-order valence-electron chi connectivity index (χ0n) is 11.0. The van der Waals surface area contributed by atoms with Crippen LogP contribution < -0.4 is 0 Å². The number of carbonyl (C=O) groups is 1. The van der Waals surface area contributed by atoms with Crippen LogP contribution in [-0.4, -0.2) is 15.5 Å². The SMILES string of the molecule is Cc1nc2ccccc2n1C(=O)Cc1ccc(Cl)cc1. The summed E-state index contributed by atoms with van der Waals surface area (Å²) in [5.74, 6) is 0.726. The number of benzene rings is 2. The third-order valence-electron chi connectivity index (χ3n) is 3.25. The van der Waals surface area contributed by atoms with Crippen molar-refractivity contribution in [2.24, 2.45) is 0 Å². The van der Waals surface area contributed by atoms with E-state index >= 15 is 0 Å². The number of hydrogen-bond acceptors (Lipinski definition) is 2. The van der Waals surface area contributed by atoms with E-state index in [1.54, 1.807) is 16.7 Å². The topological polar surface area (TPSA) is 34.9 Å². The normalized spacial score (nSPS) is 10.9. The predicted molar refractivity (Wildman–Crippen MR) is 80.3 cm³/mol. The van der Waals surface area contributed by atoms with Crippen LogP contribution >= 0.6 is 11.6 Å². The molecular weight excluding hydrogens is 272 g/mol. The van der Waals surface area contributed by atoms with Gasteiger partial charge in [0.15, 0.2) is 0 Å². The van der Waals surface area contributed by atoms with Crippen molar-refractivity contribution in [1.29, 1.82) is 0 Å². The lowest BCUT2D eigenvalue weighted by atomic mass is 10.1. The molecule has 0 N–H and O–H groups in total. The molecule has 20 heavy (non-hydrogen) atoms. The van der Waals surface area contributed by atoms with Crippen LogP contribution in [0.15, 0.2) is 48.5 Å². The molecule has 0 saturated heterocycles. The first-order valence-corrected chi connectivity index (χ1v) is 6.74. The maximum absolute atomic E-state index is 12.5. The van der Waals surface area contributed by atoms with E-state index in [4.69, 9.17) is 11.6 Å². The average Bonchev–Trinajstić information content (AvgIpc) is 2.77. The highest BCUT2D eigenvalue weighted by Gasteiger charge is 2.14. The van der Waals surface area contributed by atoms with Gasteiger partial charge in [-0.3, -0.25) is 9.36 Å². The zero-order chi connectivity index (χ0) is 14.1. The molecule has 0 amide bonds. The summed E-state index contributed by atoms with van der Waals surface area (Å²) in [5, 5.41) is 0.672. The summed E-state index contributed by atoms with van der Waals surface area (Å²) in [6.45, 7) is 1.85. The lowest BCUT2D eigenvalue weighted by molar-refractivity contribution is 0.0916. The molecule has 0 aliphatic heterocycles. The number of carbonyl (C=O) groups excluding carboxylic acids is 1. The van der Waals surface area contributed by atoms with Crippen LogP contribution in [0, 0.1) is 6.92 Å². The maximum atomic E-state index is 12.5. The van der Waals surface area contributed by atoms with Crippen LogP contribution in [0.2, 0.25) is 5.02 Å². The molecule has 100 valence electrons. The summed E-state index contributed by atoms with van der Waals surface area (Å²) in [6, 6.07) is 15.0. The fourth-order valence-electron chi connectivity index (χ4n) is 2.32. The monoisotopic (exact) mass is 284 g/mol. The molecule has 3 nitrogen and oxygen atoms in total. The quantitative estimate of drug-likeness (QED) is 0.716. The molecule has 4 heteroatoms. The van der Waals surface area contributed by atoms with Crippen molar-refractivity contribution in [2.45, 2.75) is 13.3 Å². The first kappa shape index (κ1) is 12.9. The molecule has 1 heterocycles. The Morgan fingerprint density at radius 2 is 1.85 bits per heavy atom. The lowest BCUT2D eigenvalue weighted by Crippen LogP contribution is -2.14. The van der Waals surface area contributed by atoms with E-state index in [1.165, 1.54) is 0 Å². The van der Waals surface area contributed by atoms with E-state index in [0.29, 0.717) is 17.3 Å². The van der Waals surface area contributed by atoms with E-state index in [-0.39, 0.29) is 5.91 Å². The van der Waals surface area contributed by atoms with Gasteiger partial charge in [-0.2, -0.15) is 0 Å². The fraction of sp³-hybridized carbons (Fsp3) is 0.125. The van der Waals surface area contributed by atoms with Gasteiger partial charge in [-0.25, -0.2) is 4.98 Å². The third kappa shape index (κ3) is 2.32. The number of imidazole rings is 1. The Kier molecular flexibility index (Phi) is 3.28. The molecule has 0 aliphatic carbocycles. The van der Waals surface area contributed by atoms with Gasteiger partial charge in [0.2, 0.25) is 5.91 Å². The van der Waals surface area contributed by atoms with Gasteiger partial charge >= 0.3 is 0 Å². The Morgan fingerprint density at radius 1 is 1.15 bits per heavy atom. The van der Waals surface area contributed by atoms with Gasteiger partial charge in [0, 0.05) is 5.02 Å². The van der Waals surface area contributed by atoms with E-state index < -0.39 is 0 Å². The highest BCUT2D eigenvalue weighted by molar-refractivity contribution is 6.30.